The van der Waals surface area contributed by atoms with Crippen molar-refractivity contribution in [1.29, 1.82) is 0 Å². The van der Waals surface area contributed by atoms with Crippen LogP contribution in [-0.2, 0) is 36.1 Å². The van der Waals surface area contributed by atoms with Gasteiger partial charge >= 0.3 is 0 Å². The first-order chi connectivity index (χ1) is 23.9. The van der Waals surface area contributed by atoms with Gasteiger partial charge in [0.15, 0.2) is 0 Å². The van der Waals surface area contributed by atoms with Crippen LogP contribution in [-0.4, -0.2) is 103 Å². The van der Waals surface area contributed by atoms with Crippen LogP contribution in [0, 0.1) is 5.92 Å². The first kappa shape index (κ1) is 37.0. The van der Waals surface area contributed by atoms with Crippen molar-refractivity contribution in [2.75, 3.05) is 65.7 Å². The van der Waals surface area contributed by atoms with Gasteiger partial charge in [0.25, 0.3) is 5.91 Å². The zero-order chi connectivity index (χ0) is 35.8. The molecule has 2 bridgehead atoms. The van der Waals surface area contributed by atoms with Gasteiger partial charge in [0, 0.05) is 63.0 Å². The van der Waals surface area contributed by atoms with Gasteiger partial charge in [-0.3, -0.25) is 9.69 Å². The Morgan fingerprint density at radius 2 is 1.94 bits per heavy atom. The van der Waals surface area contributed by atoms with Crippen LogP contribution in [0.1, 0.15) is 61.0 Å². The maximum atomic E-state index is 17.1. The van der Waals surface area contributed by atoms with E-state index in [0.29, 0.717) is 42.7 Å². The number of aryl methyl sites for hydroxylation is 1. The van der Waals surface area contributed by atoms with Crippen molar-refractivity contribution in [3.05, 3.63) is 70.0 Å². The molecule has 274 valence electrons. The average Bonchev–Trinajstić information content (AvgIpc) is 3.23. The van der Waals surface area contributed by atoms with E-state index in [9.17, 15) is 13.2 Å². The molecule has 3 aliphatic heterocycles. The molecule has 1 fully saturated rings. The number of nitrogens with zero attached hydrogens (tertiary/aromatic N) is 2. The molecule has 1 amide bonds. The summed E-state index contributed by atoms with van der Waals surface area (Å²) in [4.78, 5) is 17.9. The molecule has 2 aromatic carbocycles. The maximum absolute atomic E-state index is 17.1. The number of halogens is 2. The molecule has 0 unspecified atom stereocenters. The van der Waals surface area contributed by atoms with Crippen molar-refractivity contribution in [2.24, 2.45) is 5.92 Å². The fraction of sp³-hybridized carbons (Fsp3) is 0.595. The molecule has 3 heterocycles. The maximum Gasteiger partial charge on any atom is 0.264 e. The third-order valence-electron chi connectivity index (χ3n) is 11.5. The minimum absolute atomic E-state index is 0.00604. The Kier molecular flexibility index (Phi) is 10.9. The lowest BCUT2D eigenvalue weighted by molar-refractivity contribution is -0.140. The zero-order valence-corrected chi connectivity index (χ0v) is 31.1. The molecule has 0 aromatic heterocycles. The summed E-state index contributed by atoms with van der Waals surface area (Å²) < 4.78 is 70.3. The van der Waals surface area contributed by atoms with Crippen LogP contribution in [0.15, 0.2) is 48.3 Å². The molecule has 13 heteroatoms. The van der Waals surface area contributed by atoms with E-state index in [1.54, 1.807) is 46.5 Å². The fourth-order valence-corrected chi connectivity index (χ4v) is 9.88. The van der Waals surface area contributed by atoms with E-state index in [1.165, 1.54) is 24.1 Å². The normalized spacial score (nSPS) is 31.6. The predicted molar refractivity (Wildman–Crippen MR) is 191 cm³/mol. The number of amides is 1. The highest BCUT2D eigenvalue weighted by molar-refractivity contribution is 7.90. The Bertz CT molecular complexity index is 1730. The van der Waals surface area contributed by atoms with Crippen molar-refractivity contribution < 1.29 is 36.6 Å². The lowest BCUT2D eigenvalue weighted by Crippen LogP contribution is -2.71. The van der Waals surface area contributed by atoms with Crippen molar-refractivity contribution in [2.45, 2.75) is 74.3 Å². The van der Waals surface area contributed by atoms with Crippen LogP contribution >= 0.6 is 11.6 Å². The van der Waals surface area contributed by atoms with E-state index in [1.807, 2.05) is 12.1 Å². The summed E-state index contributed by atoms with van der Waals surface area (Å²) in [6.07, 6.45) is 4.39. The van der Waals surface area contributed by atoms with Gasteiger partial charge in [-0.15, -0.1) is 0 Å². The topological polar surface area (TPSA) is 107 Å². The molecule has 50 heavy (non-hydrogen) atoms. The molecule has 1 aliphatic carbocycles. The number of anilines is 1. The highest BCUT2D eigenvalue weighted by Gasteiger charge is 2.55. The zero-order valence-electron chi connectivity index (χ0n) is 29.5. The number of carbonyl (C=O) groups is 1. The summed E-state index contributed by atoms with van der Waals surface area (Å²) >= 11 is 6.45. The Morgan fingerprint density at radius 3 is 2.64 bits per heavy atom. The van der Waals surface area contributed by atoms with E-state index in [-0.39, 0.29) is 36.7 Å². The summed E-state index contributed by atoms with van der Waals surface area (Å²) in [5.74, 6) is -1.10. The second kappa shape index (κ2) is 14.7. The van der Waals surface area contributed by atoms with Crippen LogP contribution in [0.3, 0.4) is 0 Å². The lowest BCUT2D eigenvalue weighted by atomic mass is 9.70. The minimum atomic E-state index is -4.12. The standard InChI is InChI=1S/C37H49ClFN3O7S/c1-24-8-13-33(39)37(23-47-4,34(48-5)20-46-3)42-16-14-29(42)19-41-21-36(15-6-7-26-17-28(38)10-11-30(26)36)22-49-32-12-9-27(18-31(32)41)35(43)40-50(44,45)25(24)2/h9-13,17-18,24-25,29,34H,6-8,14-16,19-23H2,1-5H3,(H,40,43)/b33-13-/t24-,25+,29-,34-,36-,37+/m0/s1. The molecule has 2 aromatic rings. The number of carbonyl (C=O) groups excluding carboxylic acids is 1. The summed E-state index contributed by atoms with van der Waals surface area (Å²) in [6, 6.07) is 11.0. The van der Waals surface area contributed by atoms with E-state index in [0.717, 1.165) is 25.7 Å². The fourth-order valence-electron chi connectivity index (χ4n) is 8.40. The second-order valence-corrected chi connectivity index (χ2v) is 16.9. The average molecular weight is 734 g/mol. The quantitative estimate of drug-likeness (QED) is 0.425. The Hall–Kier alpha value is -2.74. The van der Waals surface area contributed by atoms with Gasteiger partial charge in [0.05, 0.1) is 30.8 Å². The van der Waals surface area contributed by atoms with Gasteiger partial charge < -0.3 is 23.8 Å². The summed E-state index contributed by atoms with van der Waals surface area (Å²) in [6.45, 7) is 5.44. The summed E-state index contributed by atoms with van der Waals surface area (Å²) in [5.41, 5.74) is 1.55. The van der Waals surface area contributed by atoms with E-state index in [4.69, 9.17) is 30.5 Å². The molecular weight excluding hydrogens is 685 g/mol. The van der Waals surface area contributed by atoms with Gasteiger partial charge in [-0.25, -0.2) is 17.5 Å². The molecule has 1 saturated heterocycles. The van der Waals surface area contributed by atoms with Gasteiger partial charge in [-0.2, -0.15) is 0 Å². The van der Waals surface area contributed by atoms with Crippen LogP contribution in [0.2, 0.25) is 5.02 Å². The highest BCUT2D eigenvalue weighted by Crippen LogP contribution is 2.46. The van der Waals surface area contributed by atoms with Crippen LogP contribution in [0.5, 0.6) is 5.75 Å². The van der Waals surface area contributed by atoms with Gasteiger partial charge in [-0.05, 0) is 86.4 Å². The monoisotopic (exact) mass is 733 g/mol. The first-order valence-electron chi connectivity index (χ1n) is 17.4. The number of allylic oxidation sites excluding steroid dienone is 1. The Morgan fingerprint density at radius 1 is 1.14 bits per heavy atom. The molecule has 10 nitrogen and oxygen atoms in total. The van der Waals surface area contributed by atoms with Crippen LogP contribution in [0.25, 0.3) is 0 Å². The third-order valence-corrected chi connectivity index (χ3v) is 13.6. The Labute approximate surface area is 300 Å². The van der Waals surface area contributed by atoms with Crippen LogP contribution < -0.4 is 14.4 Å². The SMILES string of the molecule is COC[C@H](OC)[C@@]1(COC)/C(F)=C/C[C@H](C)[C@@H](C)S(=O)(=O)NC(=O)c2ccc3c(c2)N(C[C@@H]2CCN21)C[C@@]1(CCCc2cc(Cl)ccc21)CO3. The van der Waals surface area contributed by atoms with E-state index in [2.05, 4.69) is 20.6 Å². The van der Waals surface area contributed by atoms with E-state index < -0.39 is 44.6 Å². The largest absolute Gasteiger partial charge is 0.490 e. The number of rotatable bonds is 6. The van der Waals surface area contributed by atoms with Crippen molar-refractivity contribution in [3.8, 4) is 5.75 Å². The second-order valence-electron chi connectivity index (χ2n) is 14.4. The summed E-state index contributed by atoms with van der Waals surface area (Å²) in [5, 5.41) is -0.300. The lowest BCUT2D eigenvalue weighted by Gasteiger charge is -2.56. The third kappa shape index (κ3) is 6.67. The van der Waals surface area contributed by atoms with Gasteiger partial charge in [-0.1, -0.05) is 30.7 Å². The molecule has 0 radical (unpaired) electrons. The van der Waals surface area contributed by atoms with Crippen LogP contribution in [0.4, 0.5) is 10.1 Å². The molecular formula is C37H49ClFN3O7S. The number of fused-ring (bicyclic) bond motifs is 4. The van der Waals surface area contributed by atoms with Gasteiger partial charge in [0.1, 0.15) is 23.2 Å². The molecule has 4 aliphatic rings. The number of ether oxygens (including phenoxy) is 4. The number of hydrogen-bond donors (Lipinski definition) is 1. The molecule has 6 atom stereocenters. The number of hydrogen-bond acceptors (Lipinski definition) is 9. The smallest absolute Gasteiger partial charge is 0.264 e. The molecule has 0 saturated carbocycles. The summed E-state index contributed by atoms with van der Waals surface area (Å²) in [7, 11) is 0.527. The Balaban J connectivity index is 1.51. The minimum Gasteiger partial charge on any atom is -0.490 e. The first-order valence-corrected chi connectivity index (χ1v) is 19.3. The molecule has 1 N–H and O–H groups in total. The van der Waals surface area contributed by atoms with Crippen molar-refractivity contribution >= 4 is 33.2 Å². The van der Waals surface area contributed by atoms with Gasteiger partial charge in [0.2, 0.25) is 10.0 Å². The highest BCUT2D eigenvalue weighted by atomic mass is 35.5. The van der Waals surface area contributed by atoms with E-state index >= 15 is 4.39 Å². The molecule has 6 rings (SSSR count). The number of sulfonamides is 1. The predicted octanol–water partition coefficient (Wildman–Crippen LogP) is 5.28. The number of benzene rings is 2. The number of methoxy groups -OCH3 is 3. The van der Waals surface area contributed by atoms with Crippen molar-refractivity contribution in [3.63, 3.8) is 0 Å². The van der Waals surface area contributed by atoms with Crippen molar-refractivity contribution in [1.82, 2.24) is 9.62 Å². The number of nitrogens with one attached hydrogen (secondary N) is 1. The molecule has 1 spiro atoms.